The number of urea groups is 1. The highest BCUT2D eigenvalue weighted by molar-refractivity contribution is 5.90. The number of pyridine rings is 1. The number of carbonyl (C=O) groups is 2. The van der Waals surface area contributed by atoms with Gasteiger partial charge in [0.15, 0.2) is 0 Å². The molecule has 4 rings (SSSR count). The molecule has 7 heteroatoms. The van der Waals surface area contributed by atoms with Crippen LogP contribution >= 0.6 is 0 Å². The van der Waals surface area contributed by atoms with Crippen molar-refractivity contribution in [2.75, 3.05) is 31.5 Å². The molecule has 2 aromatic rings. The molecule has 2 aliphatic heterocycles. The molecule has 2 saturated heterocycles. The molecule has 140 valence electrons. The van der Waals surface area contributed by atoms with Gasteiger partial charge >= 0.3 is 6.03 Å². The van der Waals surface area contributed by atoms with Crippen LogP contribution in [-0.4, -0.2) is 59.0 Å². The summed E-state index contributed by atoms with van der Waals surface area (Å²) in [6.45, 7) is 4.21. The lowest BCUT2D eigenvalue weighted by Gasteiger charge is -2.39. The van der Waals surface area contributed by atoms with Gasteiger partial charge in [-0.05, 0) is 35.9 Å². The number of benzene rings is 1. The molecule has 0 saturated carbocycles. The number of nitrogens with zero attached hydrogens (tertiary/aromatic N) is 3. The highest BCUT2D eigenvalue weighted by Crippen LogP contribution is 2.27. The summed E-state index contributed by atoms with van der Waals surface area (Å²) in [4.78, 5) is 31.2. The predicted molar refractivity (Wildman–Crippen MR) is 101 cm³/mol. The van der Waals surface area contributed by atoms with Crippen LogP contribution in [0.2, 0.25) is 0 Å². The topological polar surface area (TPSA) is 74.8 Å². The van der Waals surface area contributed by atoms with Crippen LogP contribution in [-0.2, 0) is 4.79 Å². The van der Waals surface area contributed by atoms with Gasteiger partial charge in [-0.15, -0.1) is 0 Å². The normalized spacial score (nSPS) is 17.1. The fraction of sp³-hybridized carbons (Fsp3) is 0.350. The van der Waals surface area contributed by atoms with E-state index in [1.165, 1.54) is 5.56 Å². The number of hydrogen-bond acceptors (Lipinski definition) is 4. The number of carbonyl (C=O) groups excluding carboxylic acids is 2. The largest absolute Gasteiger partial charge is 0.487 e. The van der Waals surface area contributed by atoms with Crippen LogP contribution in [0.3, 0.4) is 0 Å². The molecule has 7 nitrogen and oxygen atoms in total. The highest BCUT2D eigenvalue weighted by Gasteiger charge is 2.32. The predicted octanol–water partition coefficient (Wildman–Crippen LogP) is 2.32. The monoisotopic (exact) mass is 366 g/mol. The van der Waals surface area contributed by atoms with Crippen molar-refractivity contribution in [2.24, 2.45) is 0 Å². The van der Waals surface area contributed by atoms with Crippen molar-refractivity contribution < 1.29 is 14.3 Å². The van der Waals surface area contributed by atoms with E-state index in [0.717, 1.165) is 11.4 Å². The molecule has 2 aliphatic rings. The summed E-state index contributed by atoms with van der Waals surface area (Å²) < 4.78 is 5.81. The van der Waals surface area contributed by atoms with Crippen LogP contribution in [0.25, 0.3) is 0 Å². The van der Waals surface area contributed by atoms with Crippen molar-refractivity contribution in [1.29, 1.82) is 0 Å². The second kappa shape index (κ2) is 7.26. The van der Waals surface area contributed by atoms with Crippen LogP contribution in [0.5, 0.6) is 5.75 Å². The van der Waals surface area contributed by atoms with Crippen LogP contribution < -0.4 is 10.1 Å². The molecule has 1 N–H and O–H groups in total. The summed E-state index contributed by atoms with van der Waals surface area (Å²) >= 11 is 0. The molecular weight excluding hydrogens is 344 g/mol. The molecule has 0 unspecified atom stereocenters. The number of likely N-dealkylation sites (tertiary alicyclic amines) is 2. The van der Waals surface area contributed by atoms with Gasteiger partial charge in [0, 0.05) is 44.0 Å². The third-order valence-corrected chi connectivity index (χ3v) is 5.03. The Morgan fingerprint density at radius 2 is 1.81 bits per heavy atom. The molecule has 1 aromatic heterocycles. The Bertz CT molecular complexity index is 813. The summed E-state index contributed by atoms with van der Waals surface area (Å²) in [7, 11) is 0. The lowest BCUT2D eigenvalue weighted by atomic mass is 9.93. The van der Waals surface area contributed by atoms with E-state index in [1.807, 2.05) is 42.6 Å². The third-order valence-electron chi connectivity index (χ3n) is 5.03. The Kier molecular flexibility index (Phi) is 4.66. The zero-order valence-corrected chi connectivity index (χ0v) is 15.2. The maximum atomic E-state index is 12.3. The number of aromatic nitrogens is 1. The first-order valence-electron chi connectivity index (χ1n) is 9.06. The van der Waals surface area contributed by atoms with Crippen molar-refractivity contribution in [2.45, 2.75) is 18.9 Å². The first kappa shape index (κ1) is 17.3. The van der Waals surface area contributed by atoms with E-state index in [1.54, 1.807) is 22.9 Å². The summed E-state index contributed by atoms with van der Waals surface area (Å²) in [5.74, 6) is 1.17. The van der Waals surface area contributed by atoms with Gasteiger partial charge < -0.3 is 19.9 Å². The van der Waals surface area contributed by atoms with Crippen LogP contribution in [0, 0.1) is 0 Å². The van der Waals surface area contributed by atoms with Gasteiger partial charge in [-0.2, -0.15) is 0 Å². The number of ether oxygens (including phenoxy) is 1. The number of nitrogens with one attached hydrogen (secondary N) is 1. The van der Waals surface area contributed by atoms with E-state index in [4.69, 9.17) is 4.74 Å². The van der Waals surface area contributed by atoms with E-state index >= 15 is 0 Å². The molecule has 2 fully saturated rings. The van der Waals surface area contributed by atoms with Gasteiger partial charge in [0.1, 0.15) is 11.9 Å². The molecule has 0 spiro atoms. The SMILES string of the molecule is CC(=O)N1CC(Oc2ccc(NC(=O)N3CC(c4cccnc4)C3)cc2)C1. The first-order valence-corrected chi connectivity index (χ1v) is 9.06. The number of amides is 3. The average Bonchev–Trinajstić information content (AvgIpc) is 2.58. The number of hydrogen-bond donors (Lipinski definition) is 1. The van der Waals surface area contributed by atoms with E-state index in [-0.39, 0.29) is 18.0 Å². The van der Waals surface area contributed by atoms with Gasteiger partial charge in [0.25, 0.3) is 0 Å². The van der Waals surface area contributed by atoms with Crippen LogP contribution in [0.15, 0.2) is 48.8 Å². The van der Waals surface area contributed by atoms with E-state index < -0.39 is 0 Å². The van der Waals surface area contributed by atoms with Gasteiger partial charge in [-0.3, -0.25) is 9.78 Å². The lowest BCUT2D eigenvalue weighted by Crippen LogP contribution is -2.55. The van der Waals surface area contributed by atoms with Crippen molar-refractivity contribution >= 4 is 17.6 Å². The van der Waals surface area contributed by atoms with E-state index in [9.17, 15) is 9.59 Å². The highest BCUT2D eigenvalue weighted by atomic mass is 16.5. The number of rotatable bonds is 4. The minimum Gasteiger partial charge on any atom is -0.487 e. The quantitative estimate of drug-likeness (QED) is 0.901. The third kappa shape index (κ3) is 3.86. The zero-order valence-electron chi connectivity index (χ0n) is 15.2. The Morgan fingerprint density at radius 1 is 1.07 bits per heavy atom. The van der Waals surface area contributed by atoms with Crippen molar-refractivity contribution in [3.8, 4) is 5.75 Å². The Hall–Kier alpha value is -3.09. The Labute approximate surface area is 157 Å². The molecule has 0 aliphatic carbocycles. The standard InChI is InChI=1S/C20H22N4O3/c1-14(25)23-12-19(13-23)27-18-6-4-17(5-7-18)22-20(26)24-10-16(11-24)15-3-2-8-21-9-15/h2-9,16,19H,10-13H2,1H3,(H,22,26). The number of anilines is 1. The maximum Gasteiger partial charge on any atom is 0.321 e. The van der Waals surface area contributed by atoms with E-state index in [0.29, 0.717) is 32.1 Å². The smallest absolute Gasteiger partial charge is 0.321 e. The molecule has 0 atom stereocenters. The summed E-state index contributed by atoms with van der Waals surface area (Å²) in [5.41, 5.74) is 1.90. The van der Waals surface area contributed by atoms with Crippen LogP contribution in [0.1, 0.15) is 18.4 Å². The van der Waals surface area contributed by atoms with Gasteiger partial charge in [0.05, 0.1) is 13.1 Å². The average molecular weight is 366 g/mol. The van der Waals surface area contributed by atoms with Crippen LogP contribution in [0.4, 0.5) is 10.5 Å². The summed E-state index contributed by atoms with van der Waals surface area (Å²) in [5, 5.41) is 2.91. The minimum atomic E-state index is -0.0973. The summed E-state index contributed by atoms with van der Waals surface area (Å²) in [6, 6.07) is 11.2. The second-order valence-corrected chi connectivity index (χ2v) is 7.01. The van der Waals surface area contributed by atoms with Gasteiger partial charge in [-0.1, -0.05) is 6.07 Å². The summed E-state index contributed by atoms with van der Waals surface area (Å²) in [6.07, 6.45) is 3.65. The van der Waals surface area contributed by atoms with Crippen molar-refractivity contribution in [1.82, 2.24) is 14.8 Å². The molecular formula is C20H22N4O3. The Balaban J connectivity index is 1.23. The molecule has 1 aromatic carbocycles. The van der Waals surface area contributed by atoms with E-state index in [2.05, 4.69) is 10.3 Å². The minimum absolute atomic E-state index is 0.0415. The van der Waals surface area contributed by atoms with Gasteiger partial charge in [0.2, 0.25) is 5.91 Å². The van der Waals surface area contributed by atoms with Crippen molar-refractivity contribution in [3.05, 3.63) is 54.4 Å². The fourth-order valence-electron chi connectivity index (χ4n) is 3.25. The molecule has 0 bridgehead atoms. The molecule has 3 heterocycles. The molecule has 3 amide bonds. The lowest BCUT2D eigenvalue weighted by molar-refractivity contribution is -0.137. The van der Waals surface area contributed by atoms with Gasteiger partial charge in [-0.25, -0.2) is 4.79 Å². The second-order valence-electron chi connectivity index (χ2n) is 7.01. The Morgan fingerprint density at radius 3 is 2.44 bits per heavy atom. The maximum absolute atomic E-state index is 12.3. The zero-order chi connectivity index (χ0) is 18.8. The van der Waals surface area contributed by atoms with Crippen molar-refractivity contribution in [3.63, 3.8) is 0 Å². The fourth-order valence-corrected chi connectivity index (χ4v) is 3.25. The first-order chi connectivity index (χ1) is 13.1. The molecule has 27 heavy (non-hydrogen) atoms. The molecule has 0 radical (unpaired) electrons.